The first-order chi connectivity index (χ1) is 11.7. The van der Waals surface area contributed by atoms with Crippen molar-refractivity contribution in [1.82, 2.24) is 15.0 Å². The average molecular weight is 327 g/mol. The van der Waals surface area contributed by atoms with Crippen molar-refractivity contribution in [3.05, 3.63) is 63.3 Å². The van der Waals surface area contributed by atoms with Gasteiger partial charge in [0, 0.05) is 26.2 Å². The first-order valence-electron chi connectivity index (χ1n) is 7.63. The highest BCUT2D eigenvalue weighted by Gasteiger charge is 2.16. The Morgan fingerprint density at radius 1 is 0.667 bits per heavy atom. The minimum Gasteiger partial charge on any atom is -0.459 e. The van der Waals surface area contributed by atoms with E-state index in [2.05, 4.69) is 47.8 Å². The Balaban J connectivity index is 3.29. The lowest BCUT2D eigenvalue weighted by atomic mass is 10.4. The zero-order chi connectivity index (χ0) is 17.8. The quantitative estimate of drug-likeness (QED) is 0.519. The molecule has 0 saturated carbocycles. The van der Waals surface area contributed by atoms with Gasteiger partial charge in [0.05, 0.1) is 0 Å². The van der Waals surface area contributed by atoms with Crippen LogP contribution in [0.5, 0.6) is 6.01 Å². The molecule has 6 nitrogen and oxygen atoms in total. The zero-order valence-corrected chi connectivity index (χ0v) is 14.1. The van der Waals surface area contributed by atoms with Crippen molar-refractivity contribution < 1.29 is 4.74 Å². The summed E-state index contributed by atoms with van der Waals surface area (Å²) in [5.74, 6) is 0.994. The minimum absolute atomic E-state index is 0.242. The van der Waals surface area contributed by atoms with Crippen LogP contribution in [0.3, 0.4) is 0 Å². The Kier molecular flexibility index (Phi) is 8.60. The number of hydrogen-bond acceptors (Lipinski definition) is 6. The van der Waals surface area contributed by atoms with E-state index in [1.54, 1.807) is 30.4 Å². The Hall–Kier alpha value is -2.89. The molecule has 1 heterocycles. The van der Waals surface area contributed by atoms with E-state index in [-0.39, 0.29) is 6.01 Å². The van der Waals surface area contributed by atoms with E-state index in [0.29, 0.717) is 44.7 Å². The van der Waals surface area contributed by atoms with Gasteiger partial charge in [0.15, 0.2) is 0 Å². The predicted molar refractivity (Wildman–Crippen MR) is 101 cm³/mol. The van der Waals surface area contributed by atoms with E-state index in [1.807, 2.05) is 9.80 Å². The third-order valence-corrected chi connectivity index (χ3v) is 2.89. The fourth-order valence-corrected chi connectivity index (χ4v) is 1.92. The molecule has 0 radical (unpaired) electrons. The van der Waals surface area contributed by atoms with Gasteiger partial charge in [-0.2, -0.15) is 15.0 Å². The van der Waals surface area contributed by atoms with Crippen LogP contribution in [0.25, 0.3) is 0 Å². The summed E-state index contributed by atoms with van der Waals surface area (Å²) in [6.07, 6.45) is 8.76. The average Bonchev–Trinajstić information content (AvgIpc) is 2.59. The molecule has 0 atom stereocenters. The van der Waals surface area contributed by atoms with Crippen LogP contribution >= 0.6 is 0 Å². The predicted octanol–water partition coefficient (Wildman–Crippen LogP) is 2.79. The van der Waals surface area contributed by atoms with Gasteiger partial charge >= 0.3 is 6.01 Å². The molecule has 128 valence electrons. The third kappa shape index (κ3) is 5.72. The molecule has 6 heteroatoms. The summed E-state index contributed by atoms with van der Waals surface area (Å²) in [7, 11) is 0. The van der Waals surface area contributed by atoms with Crippen molar-refractivity contribution in [3.8, 4) is 6.01 Å². The first kappa shape index (κ1) is 19.2. The van der Waals surface area contributed by atoms with E-state index < -0.39 is 0 Å². The van der Waals surface area contributed by atoms with Crippen LogP contribution in [0.15, 0.2) is 63.3 Å². The van der Waals surface area contributed by atoms with Gasteiger partial charge in [-0.05, 0) is 0 Å². The maximum atomic E-state index is 5.51. The molecule has 0 saturated heterocycles. The molecule has 0 amide bonds. The molecule has 1 aromatic rings. The molecular weight excluding hydrogens is 302 g/mol. The van der Waals surface area contributed by atoms with Gasteiger partial charge in [-0.1, -0.05) is 37.0 Å². The molecule has 0 aliphatic heterocycles. The normalized spacial score (nSPS) is 9.67. The van der Waals surface area contributed by atoms with Crippen molar-refractivity contribution in [1.29, 1.82) is 0 Å². The van der Waals surface area contributed by atoms with E-state index in [9.17, 15) is 0 Å². The molecule has 1 aromatic heterocycles. The number of aromatic nitrogens is 3. The Bertz CT molecular complexity index is 523. The molecule has 0 fully saturated rings. The molecule has 1 rings (SSSR count). The summed E-state index contributed by atoms with van der Waals surface area (Å²) in [5, 5.41) is 0. The van der Waals surface area contributed by atoms with E-state index in [0.717, 1.165) is 0 Å². The summed E-state index contributed by atoms with van der Waals surface area (Å²) in [6, 6.07) is 0.242. The SMILES string of the molecule is C=CCOc1nc(N(CC=C)CC=C)nc(N(CC=C)CC=C)n1. The lowest BCUT2D eigenvalue weighted by molar-refractivity contribution is 0.332. The molecule has 24 heavy (non-hydrogen) atoms. The van der Waals surface area contributed by atoms with Crippen LogP contribution in [0.2, 0.25) is 0 Å². The van der Waals surface area contributed by atoms with Crippen molar-refractivity contribution in [2.75, 3.05) is 42.6 Å². The second-order valence-corrected chi connectivity index (χ2v) is 4.78. The maximum absolute atomic E-state index is 5.51. The van der Waals surface area contributed by atoms with Crippen LogP contribution in [-0.2, 0) is 0 Å². The zero-order valence-electron chi connectivity index (χ0n) is 14.1. The molecule has 0 aliphatic rings. The van der Waals surface area contributed by atoms with Crippen LogP contribution < -0.4 is 14.5 Å². The van der Waals surface area contributed by atoms with Crippen LogP contribution in [-0.4, -0.2) is 47.7 Å². The number of nitrogens with zero attached hydrogens (tertiary/aromatic N) is 5. The van der Waals surface area contributed by atoms with Crippen LogP contribution in [0.4, 0.5) is 11.9 Å². The molecule has 0 spiro atoms. The molecular formula is C18H25N5O. The maximum Gasteiger partial charge on any atom is 0.323 e. The van der Waals surface area contributed by atoms with Crippen molar-refractivity contribution in [2.45, 2.75) is 0 Å². The number of ether oxygens (including phenoxy) is 1. The fourth-order valence-electron chi connectivity index (χ4n) is 1.92. The summed E-state index contributed by atoms with van der Waals surface area (Å²) in [6.45, 7) is 21.4. The Morgan fingerprint density at radius 2 is 1.08 bits per heavy atom. The Labute approximate surface area is 144 Å². The van der Waals surface area contributed by atoms with Gasteiger partial charge < -0.3 is 14.5 Å². The largest absolute Gasteiger partial charge is 0.459 e. The number of anilines is 2. The standard InChI is InChI=1S/C18H25N5O/c1-6-11-22(12-7-2)16-19-17(23(13-8-3)14-9-4)21-18(20-16)24-15-10-5/h6-10H,1-5,11-15H2. The first-order valence-corrected chi connectivity index (χ1v) is 7.63. The molecule has 0 bridgehead atoms. The van der Waals surface area contributed by atoms with Crippen LogP contribution in [0, 0.1) is 0 Å². The summed E-state index contributed by atoms with van der Waals surface area (Å²) < 4.78 is 5.51. The van der Waals surface area contributed by atoms with Crippen molar-refractivity contribution >= 4 is 11.9 Å². The summed E-state index contributed by atoms with van der Waals surface area (Å²) >= 11 is 0. The summed E-state index contributed by atoms with van der Waals surface area (Å²) in [4.78, 5) is 17.1. The van der Waals surface area contributed by atoms with Gasteiger partial charge in [-0.25, -0.2) is 0 Å². The highest BCUT2D eigenvalue weighted by molar-refractivity contribution is 5.42. The van der Waals surface area contributed by atoms with Gasteiger partial charge in [-0.15, -0.1) is 26.3 Å². The lowest BCUT2D eigenvalue weighted by Gasteiger charge is -2.23. The summed E-state index contributed by atoms with van der Waals surface area (Å²) in [5.41, 5.74) is 0. The molecule has 0 aromatic carbocycles. The highest BCUT2D eigenvalue weighted by Crippen LogP contribution is 2.18. The second kappa shape index (κ2) is 10.8. The monoisotopic (exact) mass is 327 g/mol. The number of rotatable bonds is 13. The third-order valence-electron chi connectivity index (χ3n) is 2.89. The lowest BCUT2D eigenvalue weighted by Crippen LogP contribution is -2.29. The fraction of sp³-hybridized carbons (Fsp3) is 0.278. The van der Waals surface area contributed by atoms with Crippen molar-refractivity contribution in [2.24, 2.45) is 0 Å². The van der Waals surface area contributed by atoms with Gasteiger partial charge in [0.2, 0.25) is 11.9 Å². The van der Waals surface area contributed by atoms with Gasteiger partial charge in [-0.3, -0.25) is 0 Å². The smallest absolute Gasteiger partial charge is 0.323 e. The Morgan fingerprint density at radius 3 is 1.42 bits per heavy atom. The van der Waals surface area contributed by atoms with Crippen molar-refractivity contribution in [3.63, 3.8) is 0 Å². The minimum atomic E-state index is 0.242. The van der Waals surface area contributed by atoms with E-state index in [1.165, 1.54) is 0 Å². The van der Waals surface area contributed by atoms with Gasteiger partial charge in [0.25, 0.3) is 0 Å². The van der Waals surface area contributed by atoms with E-state index >= 15 is 0 Å². The molecule has 0 unspecified atom stereocenters. The highest BCUT2D eigenvalue weighted by atomic mass is 16.5. The molecule has 0 N–H and O–H groups in total. The second-order valence-electron chi connectivity index (χ2n) is 4.78. The topological polar surface area (TPSA) is 54.4 Å². The number of hydrogen-bond donors (Lipinski definition) is 0. The van der Waals surface area contributed by atoms with E-state index in [4.69, 9.17) is 4.74 Å². The van der Waals surface area contributed by atoms with Gasteiger partial charge in [0.1, 0.15) is 6.61 Å². The van der Waals surface area contributed by atoms with Crippen LogP contribution in [0.1, 0.15) is 0 Å². The molecule has 0 aliphatic carbocycles.